The number of rotatable bonds is 3. The van der Waals surface area contributed by atoms with Crippen LogP contribution in [0.4, 0.5) is 0 Å². The van der Waals surface area contributed by atoms with E-state index in [0.717, 1.165) is 24.7 Å². The summed E-state index contributed by atoms with van der Waals surface area (Å²) in [5.41, 5.74) is 0.223. The van der Waals surface area contributed by atoms with E-state index in [4.69, 9.17) is 4.74 Å². The van der Waals surface area contributed by atoms with Crippen molar-refractivity contribution in [2.75, 3.05) is 24.7 Å². The molecule has 0 amide bonds. The SMILES string of the molecule is CCS(=O)CC1(C)COC1. The molecule has 0 N–H and O–H groups in total. The summed E-state index contributed by atoms with van der Waals surface area (Å²) in [6, 6.07) is 0. The van der Waals surface area contributed by atoms with Crippen LogP contribution in [-0.2, 0) is 15.5 Å². The summed E-state index contributed by atoms with van der Waals surface area (Å²) >= 11 is 0. The van der Waals surface area contributed by atoms with Crippen molar-refractivity contribution in [3.8, 4) is 0 Å². The number of hydrogen-bond donors (Lipinski definition) is 0. The largest absolute Gasteiger partial charge is 0.380 e. The Bertz CT molecular complexity index is 141. The van der Waals surface area contributed by atoms with Gasteiger partial charge in [-0.15, -0.1) is 0 Å². The summed E-state index contributed by atoms with van der Waals surface area (Å²) in [4.78, 5) is 0. The van der Waals surface area contributed by atoms with E-state index in [1.807, 2.05) is 6.92 Å². The Morgan fingerprint density at radius 1 is 1.60 bits per heavy atom. The first kappa shape index (κ1) is 8.21. The average molecular weight is 162 g/mol. The molecule has 0 aromatic rings. The lowest BCUT2D eigenvalue weighted by Crippen LogP contribution is -2.44. The minimum absolute atomic E-state index is 0.223. The Kier molecular flexibility index (Phi) is 2.47. The van der Waals surface area contributed by atoms with Crippen molar-refractivity contribution in [1.82, 2.24) is 0 Å². The highest BCUT2D eigenvalue weighted by Crippen LogP contribution is 2.27. The minimum atomic E-state index is -0.625. The quantitative estimate of drug-likeness (QED) is 0.613. The van der Waals surface area contributed by atoms with Crippen molar-refractivity contribution < 1.29 is 8.95 Å². The fraction of sp³-hybridized carbons (Fsp3) is 1.00. The van der Waals surface area contributed by atoms with Crippen molar-refractivity contribution in [3.63, 3.8) is 0 Å². The zero-order valence-corrected chi connectivity index (χ0v) is 7.37. The molecule has 1 heterocycles. The maximum atomic E-state index is 11.1. The van der Waals surface area contributed by atoms with Gasteiger partial charge in [0.2, 0.25) is 0 Å². The third-order valence-electron chi connectivity index (χ3n) is 1.73. The van der Waals surface area contributed by atoms with Crippen molar-refractivity contribution in [2.24, 2.45) is 5.41 Å². The van der Waals surface area contributed by atoms with Crippen LogP contribution in [0.2, 0.25) is 0 Å². The Labute approximate surface area is 64.4 Å². The summed E-state index contributed by atoms with van der Waals surface area (Å²) in [5.74, 6) is 1.58. The Balaban J connectivity index is 2.29. The molecule has 1 unspecified atom stereocenters. The minimum Gasteiger partial charge on any atom is -0.380 e. The fourth-order valence-electron chi connectivity index (χ4n) is 1.02. The molecule has 10 heavy (non-hydrogen) atoms. The van der Waals surface area contributed by atoms with E-state index in [9.17, 15) is 4.21 Å². The third kappa shape index (κ3) is 1.80. The highest BCUT2D eigenvalue weighted by atomic mass is 32.2. The lowest BCUT2D eigenvalue weighted by atomic mass is 9.92. The van der Waals surface area contributed by atoms with Crippen LogP contribution >= 0.6 is 0 Å². The molecule has 1 saturated heterocycles. The molecule has 1 atom stereocenters. The molecule has 1 aliphatic heterocycles. The number of ether oxygens (including phenoxy) is 1. The zero-order chi connectivity index (χ0) is 7.61. The second-order valence-corrected chi connectivity index (χ2v) is 4.92. The van der Waals surface area contributed by atoms with E-state index in [1.54, 1.807) is 0 Å². The molecule has 0 spiro atoms. The average Bonchev–Trinajstić information content (AvgIpc) is 1.84. The first-order chi connectivity index (χ1) is 4.66. The first-order valence-electron chi connectivity index (χ1n) is 3.59. The van der Waals surface area contributed by atoms with Crippen LogP contribution in [0, 0.1) is 5.41 Å². The van der Waals surface area contributed by atoms with Crippen molar-refractivity contribution in [2.45, 2.75) is 13.8 Å². The maximum absolute atomic E-state index is 11.1. The van der Waals surface area contributed by atoms with E-state index in [2.05, 4.69) is 6.92 Å². The summed E-state index contributed by atoms with van der Waals surface area (Å²) in [7, 11) is -0.625. The molecule has 0 radical (unpaired) electrons. The Morgan fingerprint density at radius 2 is 2.20 bits per heavy atom. The number of hydrogen-bond acceptors (Lipinski definition) is 2. The van der Waals surface area contributed by atoms with Gasteiger partial charge in [-0.25, -0.2) is 0 Å². The molecule has 1 aliphatic rings. The second kappa shape index (κ2) is 3.01. The fourth-order valence-corrected chi connectivity index (χ4v) is 2.17. The molecule has 0 aliphatic carbocycles. The van der Waals surface area contributed by atoms with Crippen LogP contribution in [-0.4, -0.2) is 28.9 Å². The summed E-state index contributed by atoms with van der Waals surface area (Å²) in [6.45, 7) is 5.67. The molecule has 0 saturated carbocycles. The van der Waals surface area contributed by atoms with Crippen LogP contribution in [0.25, 0.3) is 0 Å². The monoisotopic (exact) mass is 162 g/mol. The third-order valence-corrected chi connectivity index (χ3v) is 3.40. The van der Waals surface area contributed by atoms with Gasteiger partial charge in [-0.3, -0.25) is 4.21 Å². The zero-order valence-electron chi connectivity index (χ0n) is 6.55. The molecular formula is C7H14O2S. The molecule has 3 heteroatoms. The molecule has 0 aromatic heterocycles. The van der Waals surface area contributed by atoms with Gasteiger partial charge < -0.3 is 4.74 Å². The van der Waals surface area contributed by atoms with E-state index in [-0.39, 0.29) is 5.41 Å². The lowest BCUT2D eigenvalue weighted by molar-refractivity contribution is -0.0865. The van der Waals surface area contributed by atoms with E-state index >= 15 is 0 Å². The molecule has 60 valence electrons. The second-order valence-electron chi connectivity index (χ2n) is 3.18. The van der Waals surface area contributed by atoms with Crippen LogP contribution in [0.1, 0.15) is 13.8 Å². The van der Waals surface area contributed by atoms with Crippen molar-refractivity contribution >= 4 is 10.8 Å². The van der Waals surface area contributed by atoms with E-state index in [1.165, 1.54) is 0 Å². The Hall–Kier alpha value is 0.110. The highest BCUT2D eigenvalue weighted by molar-refractivity contribution is 7.84. The standard InChI is InChI=1S/C7H14O2S/c1-3-10(8)6-7(2)4-9-5-7/h3-6H2,1-2H3. The summed E-state index contributed by atoms with van der Waals surface area (Å²) in [6.07, 6.45) is 0. The van der Waals surface area contributed by atoms with Crippen LogP contribution < -0.4 is 0 Å². The molecular weight excluding hydrogens is 148 g/mol. The van der Waals surface area contributed by atoms with Gasteiger partial charge in [0.1, 0.15) is 0 Å². The molecule has 2 nitrogen and oxygen atoms in total. The summed E-state index contributed by atoms with van der Waals surface area (Å²) < 4.78 is 16.1. The topological polar surface area (TPSA) is 26.3 Å². The summed E-state index contributed by atoms with van der Waals surface area (Å²) in [5, 5.41) is 0. The van der Waals surface area contributed by atoms with Gasteiger partial charge in [-0.05, 0) is 0 Å². The van der Waals surface area contributed by atoms with Gasteiger partial charge >= 0.3 is 0 Å². The highest BCUT2D eigenvalue weighted by Gasteiger charge is 2.34. The first-order valence-corrected chi connectivity index (χ1v) is 5.08. The van der Waals surface area contributed by atoms with Crippen LogP contribution in [0.15, 0.2) is 0 Å². The molecule has 0 aromatic carbocycles. The van der Waals surface area contributed by atoms with Gasteiger partial charge in [-0.2, -0.15) is 0 Å². The van der Waals surface area contributed by atoms with E-state index < -0.39 is 10.8 Å². The molecule has 1 fully saturated rings. The van der Waals surface area contributed by atoms with Gasteiger partial charge in [-0.1, -0.05) is 13.8 Å². The van der Waals surface area contributed by atoms with Gasteiger partial charge in [0.05, 0.1) is 13.2 Å². The smallest absolute Gasteiger partial charge is 0.0551 e. The molecule has 0 bridgehead atoms. The van der Waals surface area contributed by atoms with Crippen molar-refractivity contribution in [1.29, 1.82) is 0 Å². The normalized spacial score (nSPS) is 25.4. The van der Waals surface area contributed by atoms with Gasteiger partial charge in [0, 0.05) is 27.7 Å². The van der Waals surface area contributed by atoms with Crippen LogP contribution in [0.3, 0.4) is 0 Å². The lowest BCUT2D eigenvalue weighted by Gasteiger charge is -2.37. The molecule has 1 rings (SSSR count). The predicted molar refractivity (Wildman–Crippen MR) is 42.5 cm³/mol. The predicted octanol–water partition coefficient (Wildman–Crippen LogP) is 0.791. The maximum Gasteiger partial charge on any atom is 0.0551 e. The van der Waals surface area contributed by atoms with Gasteiger partial charge in [0.15, 0.2) is 0 Å². The van der Waals surface area contributed by atoms with Crippen LogP contribution in [0.5, 0.6) is 0 Å². The van der Waals surface area contributed by atoms with E-state index in [0.29, 0.717) is 0 Å². The van der Waals surface area contributed by atoms with Gasteiger partial charge in [0.25, 0.3) is 0 Å². The Morgan fingerprint density at radius 3 is 2.50 bits per heavy atom. The van der Waals surface area contributed by atoms with Crippen molar-refractivity contribution in [3.05, 3.63) is 0 Å².